The number of amides is 1. The Labute approximate surface area is 129 Å². The zero-order valence-electron chi connectivity index (χ0n) is 12.9. The molecule has 1 amide bonds. The highest BCUT2D eigenvalue weighted by molar-refractivity contribution is 5.76. The summed E-state index contributed by atoms with van der Waals surface area (Å²) in [5, 5.41) is 2.87. The summed E-state index contributed by atoms with van der Waals surface area (Å²) in [6.45, 7) is 0.472. The quantitative estimate of drug-likeness (QED) is 0.813. The van der Waals surface area contributed by atoms with E-state index in [-0.39, 0.29) is 23.8 Å². The number of rotatable bonds is 5. The first-order chi connectivity index (χ1) is 10.3. The number of nitrogens with zero attached hydrogens (tertiary/aromatic N) is 1. The van der Waals surface area contributed by atoms with Crippen LogP contribution in [-0.2, 0) is 4.79 Å². The molecule has 2 fully saturated rings. The van der Waals surface area contributed by atoms with Gasteiger partial charge in [0.2, 0.25) is 5.91 Å². The number of carbonyl (C=O) groups is 1. The molecule has 0 spiro atoms. The summed E-state index contributed by atoms with van der Waals surface area (Å²) in [6, 6.07) is 0.105. The average Bonchev–Trinajstić information content (AvgIpc) is 2.84. The van der Waals surface area contributed by atoms with E-state index in [2.05, 4.69) is 5.32 Å². The Morgan fingerprint density at radius 1 is 1.23 bits per heavy atom. The van der Waals surface area contributed by atoms with E-state index in [4.69, 9.17) is 5.73 Å². The average molecular weight is 321 g/mol. The number of alkyl halides is 3. The Hall–Kier alpha value is -0.820. The van der Waals surface area contributed by atoms with Crippen LogP contribution in [0.3, 0.4) is 0 Å². The summed E-state index contributed by atoms with van der Waals surface area (Å²) in [5.41, 5.74) is 6.03. The van der Waals surface area contributed by atoms with Gasteiger partial charge in [0.05, 0.1) is 6.54 Å². The van der Waals surface area contributed by atoms with Crippen LogP contribution < -0.4 is 11.1 Å². The number of hydrogen-bond donors (Lipinski definition) is 2. The minimum absolute atomic E-state index is 0.0170. The Kier molecular flexibility index (Phi) is 6.09. The van der Waals surface area contributed by atoms with Crippen LogP contribution in [-0.4, -0.2) is 49.2 Å². The van der Waals surface area contributed by atoms with Crippen molar-refractivity contribution in [1.82, 2.24) is 10.2 Å². The molecular weight excluding hydrogens is 295 g/mol. The molecule has 0 radical (unpaired) electrons. The lowest BCUT2D eigenvalue weighted by molar-refractivity contribution is -0.143. The molecule has 0 aromatic carbocycles. The third-order valence-corrected chi connectivity index (χ3v) is 4.78. The molecule has 4 nitrogen and oxygen atoms in total. The van der Waals surface area contributed by atoms with Crippen LogP contribution >= 0.6 is 0 Å². The van der Waals surface area contributed by atoms with Gasteiger partial charge in [-0.2, -0.15) is 13.2 Å². The van der Waals surface area contributed by atoms with Gasteiger partial charge >= 0.3 is 6.18 Å². The molecule has 0 aromatic heterocycles. The number of nitrogens with two attached hydrogens (primary N) is 1. The van der Waals surface area contributed by atoms with Gasteiger partial charge in [-0.3, -0.25) is 9.69 Å². The minimum atomic E-state index is -4.14. The first-order valence-electron chi connectivity index (χ1n) is 8.15. The third kappa shape index (κ3) is 5.76. The standard InChI is InChI=1S/C15H26F3N3O/c16-15(17,18)10-21-6-5-11(9-21)8-20-14(22)7-12-3-1-2-4-13(12)19/h11-13H,1-10,19H2,(H,20,22). The molecule has 2 aliphatic rings. The summed E-state index contributed by atoms with van der Waals surface area (Å²) in [6.07, 6.45) is 1.25. The second-order valence-electron chi connectivity index (χ2n) is 6.72. The SMILES string of the molecule is NC1CCCCC1CC(=O)NCC1CCN(CC(F)(F)F)C1. The summed E-state index contributed by atoms with van der Waals surface area (Å²) < 4.78 is 37.0. The van der Waals surface area contributed by atoms with E-state index in [0.717, 1.165) is 25.7 Å². The molecule has 2 rings (SSSR count). The van der Waals surface area contributed by atoms with E-state index in [0.29, 0.717) is 32.5 Å². The van der Waals surface area contributed by atoms with E-state index >= 15 is 0 Å². The van der Waals surface area contributed by atoms with Crippen molar-refractivity contribution >= 4 is 5.91 Å². The highest BCUT2D eigenvalue weighted by Gasteiger charge is 2.34. The fourth-order valence-corrected chi connectivity index (χ4v) is 3.53. The highest BCUT2D eigenvalue weighted by Crippen LogP contribution is 2.26. The van der Waals surface area contributed by atoms with E-state index in [1.807, 2.05) is 0 Å². The van der Waals surface area contributed by atoms with Crippen LogP contribution in [0.25, 0.3) is 0 Å². The molecule has 0 bridgehead atoms. The van der Waals surface area contributed by atoms with E-state index in [1.165, 1.54) is 4.90 Å². The van der Waals surface area contributed by atoms with Gasteiger partial charge in [0.15, 0.2) is 0 Å². The molecule has 1 aliphatic heterocycles. The van der Waals surface area contributed by atoms with E-state index in [9.17, 15) is 18.0 Å². The van der Waals surface area contributed by atoms with Gasteiger partial charge in [0.25, 0.3) is 0 Å². The third-order valence-electron chi connectivity index (χ3n) is 4.78. The Morgan fingerprint density at radius 2 is 1.95 bits per heavy atom. The van der Waals surface area contributed by atoms with Crippen LogP contribution in [0.2, 0.25) is 0 Å². The lowest BCUT2D eigenvalue weighted by Gasteiger charge is -2.28. The molecule has 3 atom stereocenters. The maximum Gasteiger partial charge on any atom is 0.401 e. The van der Waals surface area contributed by atoms with Gasteiger partial charge in [-0.15, -0.1) is 0 Å². The van der Waals surface area contributed by atoms with Crippen molar-refractivity contribution in [2.45, 2.75) is 50.7 Å². The molecule has 3 N–H and O–H groups in total. The van der Waals surface area contributed by atoms with Crippen LogP contribution in [0, 0.1) is 11.8 Å². The van der Waals surface area contributed by atoms with Crippen molar-refractivity contribution in [2.24, 2.45) is 17.6 Å². The fourth-order valence-electron chi connectivity index (χ4n) is 3.53. The zero-order chi connectivity index (χ0) is 16.2. The molecule has 0 aromatic rings. The summed E-state index contributed by atoms with van der Waals surface area (Å²) in [4.78, 5) is 13.4. The second kappa shape index (κ2) is 7.64. The van der Waals surface area contributed by atoms with Crippen molar-refractivity contribution in [3.63, 3.8) is 0 Å². The van der Waals surface area contributed by atoms with Gasteiger partial charge < -0.3 is 11.1 Å². The summed E-state index contributed by atoms with van der Waals surface area (Å²) in [5.74, 6) is 0.349. The Balaban J connectivity index is 1.64. The molecule has 3 unspecified atom stereocenters. The molecule has 1 saturated heterocycles. The van der Waals surface area contributed by atoms with Crippen molar-refractivity contribution in [3.05, 3.63) is 0 Å². The maximum atomic E-state index is 12.3. The monoisotopic (exact) mass is 321 g/mol. The van der Waals surface area contributed by atoms with Gasteiger partial charge in [0, 0.05) is 25.6 Å². The topological polar surface area (TPSA) is 58.4 Å². The fraction of sp³-hybridized carbons (Fsp3) is 0.933. The second-order valence-corrected chi connectivity index (χ2v) is 6.72. The molecule has 128 valence electrons. The number of halogens is 3. The lowest BCUT2D eigenvalue weighted by atomic mass is 9.83. The van der Waals surface area contributed by atoms with Crippen LogP contribution in [0.5, 0.6) is 0 Å². The zero-order valence-corrected chi connectivity index (χ0v) is 12.9. The minimum Gasteiger partial charge on any atom is -0.356 e. The smallest absolute Gasteiger partial charge is 0.356 e. The van der Waals surface area contributed by atoms with Gasteiger partial charge in [0.1, 0.15) is 0 Å². The number of carbonyl (C=O) groups excluding carboxylic acids is 1. The molecule has 1 saturated carbocycles. The number of nitrogens with one attached hydrogen (secondary N) is 1. The van der Waals surface area contributed by atoms with E-state index < -0.39 is 12.7 Å². The van der Waals surface area contributed by atoms with E-state index in [1.54, 1.807) is 0 Å². The maximum absolute atomic E-state index is 12.3. The molecule has 1 aliphatic carbocycles. The van der Waals surface area contributed by atoms with Crippen LogP contribution in [0.15, 0.2) is 0 Å². The number of hydrogen-bond acceptors (Lipinski definition) is 3. The normalized spacial score (nSPS) is 30.5. The van der Waals surface area contributed by atoms with Crippen LogP contribution in [0.1, 0.15) is 38.5 Å². The molecule has 7 heteroatoms. The molecule has 1 heterocycles. The molecule has 22 heavy (non-hydrogen) atoms. The summed E-state index contributed by atoms with van der Waals surface area (Å²) in [7, 11) is 0. The highest BCUT2D eigenvalue weighted by atomic mass is 19.4. The first kappa shape index (κ1) is 17.5. The van der Waals surface area contributed by atoms with Gasteiger partial charge in [-0.25, -0.2) is 0 Å². The van der Waals surface area contributed by atoms with Crippen molar-refractivity contribution in [2.75, 3.05) is 26.2 Å². The molecular formula is C15H26F3N3O. The largest absolute Gasteiger partial charge is 0.401 e. The van der Waals surface area contributed by atoms with Crippen LogP contribution in [0.4, 0.5) is 13.2 Å². The lowest BCUT2D eigenvalue weighted by Crippen LogP contribution is -2.38. The number of likely N-dealkylation sites (tertiary alicyclic amines) is 1. The summed E-state index contributed by atoms with van der Waals surface area (Å²) >= 11 is 0. The Morgan fingerprint density at radius 3 is 2.64 bits per heavy atom. The van der Waals surface area contributed by atoms with Crippen molar-refractivity contribution in [3.8, 4) is 0 Å². The van der Waals surface area contributed by atoms with Gasteiger partial charge in [-0.1, -0.05) is 12.8 Å². The van der Waals surface area contributed by atoms with Crippen molar-refractivity contribution < 1.29 is 18.0 Å². The van der Waals surface area contributed by atoms with Gasteiger partial charge in [-0.05, 0) is 37.6 Å². The van der Waals surface area contributed by atoms with Crippen molar-refractivity contribution in [1.29, 1.82) is 0 Å². The Bertz CT molecular complexity index is 376. The first-order valence-corrected chi connectivity index (χ1v) is 8.15. The predicted octanol–water partition coefficient (Wildman–Crippen LogP) is 1.89. The predicted molar refractivity (Wildman–Crippen MR) is 78.2 cm³/mol.